The molecule has 1 aliphatic heterocycles. The predicted molar refractivity (Wildman–Crippen MR) is 110 cm³/mol. The summed E-state index contributed by atoms with van der Waals surface area (Å²) in [6.07, 6.45) is 4.00. The maximum absolute atomic E-state index is 12.7. The molecule has 1 atom stereocenters. The number of anilines is 1. The van der Waals surface area contributed by atoms with Gasteiger partial charge in [0.1, 0.15) is 5.82 Å². The van der Waals surface area contributed by atoms with E-state index < -0.39 is 0 Å². The molecule has 0 bridgehead atoms. The molecule has 0 radical (unpaired) electrons. The number of aryl methyl sites for hydroxylation is 1. The first-order valence-electron chi connectivity index (χ1n) is 9.68. The van der Waals surface area contributed by atoms with Crippen molar-refractivity contribution >= 4 is 34.2 Å². The first-order valence-corrected chi connectivity index (χ1v) is 10.1. The lowest BCUT2D eigenvalue weighted by molar-refractivity contribution is -0.117. The van der Waals surface area contributed by atoms with Crippen LogP contribution in [0, 0.1) is 0 Å². The first kappa shape index (κ1) is 18.1. The lowest BCUT2D eigenvalue weighted by Gasteiger charge is -2.17. The van der Waals surface area contributed by atoms with Gasteiger partial charge < -0.3 is 9.47 Å². The summed E-state index contributed by atoms with van der Waals surface area (Å²) in [5, 5.41) is 0.649. The molecular weight excluding hydrogens is 358 g/mol. The number of benzene rings is 2. The number of unbranched alkanes of at least 4 members (excludes halogenated alkanes) is 2. The van der Waals surface area contributed by atoms with E-state index in [1.807, 2.05) is 35.2 Å². The first-order chi connectivity index (χ1) is 13.2. The van der Waals surface area contributed by atoms with Gasteiger partial charge in [-0.1, -0.05) is 49.6 Å². The van der Waals surface area contributed by atoms with Crippen LogP contribution in [0.15, 0.2) is 48.5 Å². The molecule has 2 aromatic carbocycles. The average molecular weight is 382 g/mol. The maximum Gasteiger partial charge on any atom is 0.227 e. The molecule has 0 aliphatic carbocycles. The lowest BCUT2D eigenvalue weighted by Crippen LogP contribution is -2.24. The number of nitrogens with zero attached hydrogens (tertiary/aromatic N) is 3. The van der Waals surface area contributed by atoms with Gasteiger partial charge in [0.25, 0.3) is 0 Å². The van der Waals surface area contributed by atoms with Crippen LogP contribution in [0.1, 0.15) is 44.3 Å². The zero-order chi connectivity index (χ0) is 18.8. The molecule has 1 saturated heterocycles. The highest BCUT2D eigenvalue weighted by Crippen LogP contribution is 2.34. The van der Waals surface area contributed by atoms with Gasteiger partial charge in [-0.25, -0.2) is 4.98 Å². The van der Waals surface area contributed by atoms with Gasteiger partial charge >= 0.3 is 0 Å². The fraction of sp³-hybridized carbons (Fsp3) is 0.364. The SMILES string of the molecule is CCCCCn1c([C@H]2CC(=O)N(c3cccc(Cl)c3)C2)nc2ccccc21. The van der Waals surface area contributed by atoms with Gasteiger partial charge in [0, 0.05) is 36.1 Å². The number of carbonyl (C=O) groups excluding carboxylic acids is 1. The lowest BCUT2D eigenvalue weighted by atomic mass is 10.1. The van der Waals surface area contributed by atoms with Crippen molar-refractivity contribution in [2.75, 3.05) is 11.4 Å². The molecule has 0 N–H and O–H groups in total. The zero-order valence-corrected chi connectivity index (χ0v) is 16.3. The van der Waals surface area contributed by atoms with Gasteiger partial charge in [-0.05, 0) is 36.8 Å². The summed E-state index contributed by atoms with van der Waals surface area (Å²) >= 11 is 6.12. The summed E-state index contributed by atoms with van der Waals surface area (Å²) in [6, 6.07) is 15.8. The molecule has 0 unspecified atom stereocenters. The van der Waals surface area contributed by atoms with Crippen LogP contribution < -0.4 is 4.90 Å². The Balaban J connectivity index is 1.66. The molecule has 1 aromatic heterocycles. The van der Waals surface area contributed by atoms with E-state index in [1.165, 1.54) is 12.8 Å². The molecule has 1 amide bonds. The van der Waals surface area contributed by atoms with E-state index in [0.29, 0.717) is 18.0 Å². The molecule has 2 heterocycles. The Kier molecular flexibility index (Phi) is 5.17. The quantitative estimate of drug-likeness (QED) is 0.536. The summed E-state index contributed by atoms with van der Waals surface area (Å²) in [5.74, 6) is 1.27. The highest BCUT2D eigenvalue weighted by Gasteiger charge is 2.34. The van der Waals surface area contributed by atoms with Gasteiger partial charge in [-0.15, -0.1) is 0 Å². The standard InChI is InChI=1S/C22H24ClN3O/c1-2-3-6-12-25-20-11-5-4-10-19(20)24-22(25)16-13-21(27)26(15-16)18-9-7-8-17(23)14-18/h4-5,7-11,14,16H,2-3,6,12-13,15H2,1H3/t16-/m0/s1. The summed E-state index contributed by atoms with van der Waals surface area (Å²) in [6.45, 7) is 3.81. The van der Waals surface area contributed by atoms with Crippen molar-refractivity contribution in [3.05, 3.63) is 59.4 Å². The van der Waals surface area contributed by atoms with E-state index >= 15 is 0 Å². The van der Waals surface area contributed by atoms with Crippen molar-refractivity contribution in [2.45, 2.75) is 45.1 Å². The minimum atomic E-state index is 0.102. The molecule has 4 nitrogen and oxygen atoms in total. The number of hydrogen-bond donors (Lipinski definition) is 0. The van der Waals surface area contributed by atoms with Crippen LogP contribution >= 0.6 is 11.6 Å². The Morgan fingerprint density at radius 2 is 2.00 bits per heavy atom. The van der Waals surface area contributed by atoms with Crippen molar-refractivity contribution in [2.24, 2.45) is 0 Å². The van der Waals surface area contributed by atoms with Gasteiger partial charge in [0.05, 0.1) is 11.0 Å². The van der Waals surface area contributed by atoms with Crippen LogP contribution in [0.5, 0.6) is 0 Å². The number of aromatic nitrogens is 2. The second-order valence-electron chi connectivity index (χ2n) is 7.20. The van der Waals surface area contributed by atoms with Crippen LogP contribution in [0.2, 0.25) is 5.02 Å². The molecule has 5 heteroatoms. The van der Waals surface area contributed by atoms with E-state index in [2.05, 4.69) is 29.7 Å². The van der Waals surface area contributed by atoms with Gasteiger partial charge in [0.15, 0.2) is 0 Å². The number of hydrogen-bond acceptors (Lipinski definition) is 2. The van der Waals surface area contributed by atoms with Crippen LogP contribution in [0.25, 0.3) is 11.0 Å². The summed E-state index contributed by atoms with van der Waals surface area (Å²) in [7, 11) is 0. The monoisotopic (exact) mass is 381 g/mol. The van der Waals surface area contributed by atoms with Crippen molar-refractivity contribution < 1.29 is 4.79 Å². The van der Waals surface area contributed by atoms with E-state index in [9.17, 15) is 4.79 Å². The molecule has 3 aromatic rings. The van der Waals surface area contributed by atoms with E-state index in [-0.39, 0.29) is 11.8 Å². The topological polar surface area (TPSA) is 38.1 Å². The van der Waals surface area contributed by atoms with Crippen LogP contribution in [-0.2, 0) is 11.3 Å². The fourth-order valence-electron chi connectivity index (χ4n) is 3.93. The highest BCUT2D eigenvalue weighted by atomic mass is 35.5. The molecular formula is C22H24ClN3O. The third-order valence-corrected chi connectivity index (χ3v) is 5.51. The number of amides is 1. The Hall–Kier alpha value is -2.33. The number of carbonyl (C=O) groups is 1. The number of rotatable bonds is 6. The maximum atomic E-state index is 12.7. The Bertz CT molecular complexity index is 965. The highest BCUT2D eigenvalue weighted by molar-refractivity contribution is 6.30. The molecule has 4 rings (SSSR count). The molecule has 0 spiro atoms. The van der Waals surface area contributed by atoms with Gasteiger partial charge in [0.2, 0.25) is 5.91 Å². The van der Waals surface area contributed by atoms with Gasteiger partial charge in [-0.2, -0.15) is 0 Å². The van der Waals surface area contributed by atoms with E-state index in [1.54, 1.807) is 0 Å². The van der Waals surface area contributed by atoms with Crippen LogP contribution in [0.4, 0.5) is 5.69 Å². The van der Waals surface area contributed by atoms with Crippen molar-refractivity contribution in [1.29, 1.82) is 0 Å². The van der Waals surface area contributed by atoms with Crippen LogP contribution in [0.3, 0.4) is 0 Å². The number of halogens is 1. The second kappa shape index (κ2) is 7.73. The van der Waals surface area contributed by atoms with Crippen molar-refractivity contribution in [3.63, 3.8) is 0 Å². The van der Waals surface area contributed by atoms with Crippen molar-refractivity contribution in [1.82, 2.24) is 9.55 Å². The fourth-order valence-corrected chi connectivity index (χ4v) is 4.12. The largest absolute Gasteiger partial charge is 0.328 e. The van der Waals surface area contributed by atoms with E-state index in [4.69, 9.17) is 16.6 Å². The smallest absolute Gasteiger partial charge is 0.227 e. The number of fused-ring (bicyclic) bond motifs is 1. The predicted octanol–water partition coefficient (Wildman–Crippen LogP) is 5.40. The minimum Gasteiger partial charge on any atom is -0.328 e. The zero-order valence-electron chi connectivity index (χ0n) is 15.6. The molecule has 0 saturated carbocycles. The summed E-state index contributed by atoms with van der Waals surface area (Å²) in [5.41, 5.74) is 3.04. The third-order valence-electron chi connectivity index (χ3n) is 5.28. The summed E-state index contributed by atoms with van der Waals surface area (Å²) < 4.78 is 2.32. The third kappa shape index (κ3) is 3.59. The Morgan fingerprint density at radius 3 is 2.81 bits per heavy atom. The normalized spacial score (nSPS) is 17.2. The summed E-state index contributed by atoms with van der Waals surface area (Å²) in [4.78, 5) is 19.5. The molecule has 1 aliphatic rings. The van der Waals surface area contributed by atoms with E-state index in [0.717, 1.165) is 35.5 Å². The Labute approximate surface area is 164 Å². The van der Waals surface area contributed by atoms with Crippen molar-refractivity contribution in [3.8, 4) is 0 Å². The number of imidazole rings is 1. The molecule has 140 valence electrons. The molecule has 27 heavy (non-hydrogen) atoms. The molecule has 1 fully saturated rings. The number of para-hydroxylation sites is 2. The Morgan fingerprint density at radius 1 is 1.15 bits per heavy atom. The average Bonchev–Trinajstić information content (AvgIpc) is 3.23. The second-order valence-corrected chi connectivity index (χ2v) is 7.64. The minimum absolute atomic E-state index is 0.102. The van der Waals surface area contributed by atoms with Gasteiger partial charge in [-0.3, -0.25) is 4.79 Å². The van der Waals surface area contributed by atoms with Crippen LogP contribution in [-0.4, -0.2) is 22.0 Å².